The summed E-state index contributed by atoms with van der Waals surface area (Å²) in [5, 5.41) is 0. The second-order valence-electron chi connectivity index (χ2n) is 6.54. The molecule has 0 N–H and O–H groups in total. The van der Waals surface area contributed by atoms with Gasteiger partial charge in [0.15, 0.2) is 0 Å². The summed E-state index contributed by atoms with van der Waals surface area (Å²) in [6.07, 6.45) is 7.83. The SMILES string of the molecule is CC(=CCN1CCCCCC1)c1ccc(Oc2ccccc2)cc1. The lowest BCUT2D eigenvalue weighted by atomic mass is 10.1. The zero-order chi connectivity index (χ0) is 16.6. The summed E-state index contributed by atoms with van der Waals surface area (Å²) in [5.74, 6) is 1.75. The van der Waals surface area contributed by atoms with E-state index in [-0.39, 0.29) is 0 Å². The zero-order valence-corrected chi connectivity index (χ0v) is 14.6. The van der Waals surface area contributed by atoms with E-state index in [4.69, 9.17) is 4.74 Å². The van der Waals surface area contributed by atoms with Crippen molar-refractivity contribution < 1.29 is 4.74 Å². The standard InChI is InChI=1S/C22H27NO/c1-19(15-18-23-16-7-2-3-8-17-23)20-11-13-22(14-12-20)24-21-9-5-4-6-10-21/h4-6,9-15H,2-3,7-8,16-18H2,1H3. The topological polar surface area (TPSA) is 12.5 Å². The molecular formula is C22H27NO. The monoisotopic (exact) mass is 321 g/mol. The molecule has 1 saturated heterocycles. The van der Waals surface area contributed by atoms with Gasteiger partial charge in [-0.1, -0.05) is 49.2 Å². The highest BCUT2D eigenvalue weighted by atomic mass is 16.5. The summed E-state index contributed by atoms with van der Waals surface area (Å²) >= 11 is 0. The maximum absolute atomic E-state index is 5.85. The van der Waals surface area contributed by atoms with E-state index < -0.39 is 0 Å². The van der Waals surface area contributed by atoms with E-state index in [1.165, 1.54) is 49.9 Å². The third kappa shape index (κ3) is 4.97. The highest BCUT2D eigenvalue weighted by Gasteiger charge is 2.07. The van der Waals surface area contributed by atoms with Gasteiger partial charge in [-0.3, -0.25) is 4.90 Å². The molecule has 3 rings (SSSR count). The number of allylic oxidation sites excluding steroid dienone is 1. The molecule has 2 aromatic rings. The van der Waals surface area contributed by atoms with Gasteiger partial charge in [-0.05, 0) is 68.3 Å². The van der Waals surface area contributed by atoms with Crippen LogP contribution >= 0.6 is 0 Å². The minimum Gasteiger partial charge on any atom is -0.457 e. The molecule has 0 radical (unpaired) electrons. The molecule has 1 heterocycles. The number of benzene rings is 2. The van der Waals surface area contributed by atoms with E-state index in [0.717, 1.165) is 18.0 Å². The number of para-hydroxylation sites is 1. The molecule has 2 aromatic carbocycles. The Bertz CT molecular complexity index is 637. The molecule has 0 atom stereocenters. The van der Waals surface area contributed by atoms with Crippen LogP contribution in [-0.4, -0.2) is 24.5 Å². The van der Waals surface area contributed by atoms with E-state index in [9.17, 15) is 0 Å². The van der Waals surface area contributed by atoms with Crippen molar-refractivity contribution in [3.8, 4) is 11.5 Å². The summed E-state index contributed by atoms with van der Waals surface area (Å²) in [5.41, 5.74) is 2.61. The van der Waals surface area contributed by atoms with Crippen molar-refractivity contribution in [3.05, 3.63) is 66.2 Å². The molecule has 1 fully saturated rings. The van der Waals surface area contributed by atoms with Crippen LogP contribution in [0, 0.1) is 0 Å². The average molecular weight is 321 g/mol. The fraction of sp³-hybridized carbons (Fsp3) is 0.364. The molecule has 2 heteroatoms. The molecule has 1 aliphatic heterocycles. The molecule has 0 unspecified atom stereocenters. The van der Waals surface area contributed by atoms with Crippen LogP contribution in [0.1, 0.15) is 38.2 Å². The van der Waals surface area contributed by atoms with Crippen LogP contribution in [0.3, 0.4) is 0 Å². The molecule has 0 bridgehead atoms. The smallest absolute Gasteiger partial charge is 0.127 e. The Morgan fingerprint density at radius 3 is 2.17 bits per heavy atom. The second kappa shape index (κ2) is 8.70. The zero-order valence-electron chi connectivity index (χ0n) is 14.6. The second-order valence-corrected chi connectivity index (χ2v) is 6.54. The first kappa shape index (κ1) is 16.8. The van der Waals surface area contributed by atoms with Crippen molar-refractivity contribution in [2.75, 3.05) is 19.6 Å². The van der Waals surface area contributed by atoms with Gasteiger partial charge >= 0.3 is 0 Å². The summed E-state index contributed by atoms with van der Waals surface area (Å²) in [6.45, 7) is 5.75. The first-order valence-corrected chi connectivity index (χ1v) is 9.04. The van der Waals surface area contributed by atoms with Crippen LogP contribution < -0.4 is 4.74 Å². The third-order valence-corrected chi connectivity index (χ3v) is 4.64. The fourth-order valence-corrected chi connectivity index (χ4v) is 3.11. The first-order chi connectivity index (χ1) is 11.8. The highest BCUT2D eigenvalue weighted by Crippen LogP contribution is 2.23. The molecule has 0 aromatic heterocycles. The molecule has 1 aliphatic rings. The van der Waals surface area contributed by atoms with Gasteiger partial charge < -0.3 is 4.74 Å². The Labute approximate surface area is 145 Å². The molecule has 24 heavy (non-hydrogen) atoms. The van der Waals surface area contributed by atoms with Gasteiger partial charge in [0.25, 0.3) is 0 Å². The Hall–Kier alpha value is -2.06. The van der Waals surface area contributed by atoms with Crippen LogP contribution in [0.15, 0.2) is 60.7 Å². The van der Waals surface area contributed by atoms with Crippen LogP contribution in [0.25, 0.3) is 5.57 Å². The quantitative estimate of drug-likeness (QED) is 0.694. The third-order valence-electron chi connectivity index (χ3n) is 4.64. The Balaban J connectivity index is 1.58. The molecular weight excluding hydrogens is 294 g/mol. The van der Waals surface area contributed by atoms with Crippen LogP contribution in [0.5, 0.6) is 11.5 Å². The van der Waals surface area contributed by atoms with Gasteiger partial charge in [-0.25, -0.2) is 0 Å². The van der Waals surface area contributed by atoms with Crippen molar-refractivity contribution in [3.63, 3.8) is 0 Å². The van der Waals surface area contributed by atoms with Gasteiger partial charge in [0.2, 0.25) is 0 Å². The largest absolute Gasteiger partial charge is 0.457 e. The lowest BCUT2D eigenvalue weighted by Crippen LogP contribution is -2.24. The molecule has 126 valence electrons. The molecule has 0 aliphatic carbocycles. The first-order valence-electron chi connectivity index (χ1n) is 9.04. The van der Waals surface area contributed by atoms with E-state index in [1.54, 1.807) is 0 Å². The maximum Gasteiger partial charge on any atom is 0.127 e. The van der Waals surface area contributed by atoms with Crippen molar-refractivity contribution in [2.24, 2.45) is 0 Å². The van der Waals surface area contributed by atoms with E-state index >= 15 is 0 Å². The van der Waals surface area contributed by atoms with Crippen molar-refractivity contribution >= 4 is 5.57 Å². The lowest BCUT2D eigenvalue weighted by molar-refractivity contribution is 0.316. The van der Waals surface area contributed by atoms with Crippen molar-refractivity contribution in [2.45, 2.75) is 32.6 Å². The minimum absolute atomic E-state index is 0.874. The maximum atomic E-state index is 5.85. The van der Waals surface area contributed by atoms with Gasteiger partial charge in [0.1, 0.15) is 11.5 Å². The van der Waals surface area contributed by atoms with Gasteiger partial charge in [-0.2, -0.15) is 0 Å². The molecule has 0 amide bonds. The predicted molar refractivity (Wildman–Crippen MR) is 102 cm³/mol. The number of ether oxygens (including phenoxy) is 1. The fourth-order valence-electron chi connectivity index (χ4n) is 3.11. The van der Waals surface area contributed by atoms with Crippen LogP contribution in [0.2, 0.25) is 0 Å². The van der Waals surface area contributed by atoms with Gasteiger partial charge in [0.05, 0.1) is 0 Å². The van der Waals surface area contributed by atoms with Crippen LogP contribution in [-0.2, 0) is 0 Å². The Kier molecular flexibility index (Phi) is 6.08. The summed E-state index contributed by atoms with van der Waals surface area (Å²) in [7, 11) is 0. The van der Waals surface area contributed by atoms with Gasteiger partial charge in [0, 0.05) is 6.54 Å². The Morgan fingerprint density at radius 2 is 1.50 bits per heavy atom. The number of rotatable bonds is 5. The number of hydrogen-bond acceptors (Lipinski definition) is 2. The number of nitrogens with zero attached hydrogens (tertiary/aromatic N) is 1. The lowest BCUT2D eigenvalue weighted by Gasteiger charge is -2.18. The van der Waals surface area contributed by atoms with E-state index in [0.29, 0.717) is 0 Å². The highest BCUT2D eigenvalue weighted by molar-refractivity contribution is 5.64. The minimum atomic E-state index is 0.874. The Morgan fingerprint density at radius 1 is 0.875 bits per heavy atom. The van der Waals surface area contributed by atoms with E-state index in [2.05, 4.69) is 30.0 Å². The van der Waals surface area contributed by atoms with E-state index in [1.807, 2.05) is 42.5 Å². The van der Waals surface area contributed by atoms with Gasteiger partial charge in [-0.15, -0.1) is 0 Å². The number of hydrogen-bond donors (Lipinski definition) is 0. The molecule has 0 saturated carbocycles. The molecule has 2 nitrogen and oxygen atoms in total. The average Bonchev–Trinajstić information content (AvgIpc) is 2.90. The normalized spacial score (nSPS) is 16.6. The predicted octanol–water partition coefficient (Wildman–Crippen LogP) is 5.76. The van der Waals surface area contributed by atoms with Crippen molar-refractivity contribution in [1.82, 2.24) is 4.90 Å². The summed E-state index contributed by atoms with van der Waals surface area (Å²) in [6, 6.07) is 18.3. The van der Waals surface area contributed by atoms with Crippen LogP contribution in [0.4, 0.5) is 0 Å². The van der Waals surface area contributed by atoms with Crippen molar-refractivity contribution in [1.29, 1.82) is 0 Å². The number of likely N-dealkylation sites (tertiary alicyclic amines) is 1. The molecule has 0 spiro atoms. The summed E-state index contributed by atoms with van der Waals surface area (Å²) < 4.78 is 5.85. The summed E-state index contributed by atoms with van der Waals surface area (Å²) in [4.78, 5) is 2.57.